The summed E-state index contributed by atoms with van der Waals surface area (Å²) in [5.41, 5.74) is 3.04. The van der Waals surface area contributed by atoms with E-state index in [2.05, 4.69) is 13.8 Å². The van der Waals surface area contributed by atoms with Gasteiger partial charge < -0.3 is 9.64 Å². The number of Topliss-reactive ketones (excluding diaryl/α,β-unsaturated/α-hetero) is 2. The van der Waals surface area contributed by atoms with Gasteiger partial charge in [0, 0.05) is 22.7 Å². The molecule has 180 valence electrons. The molecule has 0 amide bonds. The third-order valence-electron chi connectivity index (χ3n) is 8.12. The molecule has 1 aliphatic carbocycles. The van der Waals surface area contributed by atoms with Crippen molar-refractivity contribution < 1.29 is 19.1 Å². The smallest absolute Gasteiger partial charge is 0.329 e. The van der Waals surface area contributed by atoms with Crippen LogP contribution in [0, 0.1) is 5.41 Å². The first-order valence-corrected chi connectivity index (χ1v) is 12.3. The van der Waals surface area contributed by atoms with Crippen molar-refractivity contribution >= 4 is 29.3 Å². The van der Waals surface area contributed by atoms with E-state index in [0.717, 1.165) is 22.4 Å². The van der Waals surface area contributed by atoms with Crippen LogP contribution in [0.1, 0.15) is 63.1 Å². The summed E-state index contributed by atoms with van der Waals surface area (Å²) in [5, 5.41) is 0. The molecule has 0 unspecified atom stereocenters. The van der Waals surface area contributed by atoms with Crippen LogP contribution < -0.4 is 4.90 Å². The molecule has 3 aromatic rings. The van der Waals surface area contributed by atoms with Crippen molar-refractivity contribution in [3.05, 3.63) is 107 Å². The number of methoxy groups -OCH3 is 1. The zero-order valence-corrected chi connectivity index (χ0v) is 20.5. The Morgan fingerprint density at radius 3 is 2.11 bits per heavy atom. The van der Waals surface area contributed by atoms with Gasteiger partial charge in [-0.1, -0.05) is 92.7 Å². The number of ketones is 2. The summed E-state index contributed by atoms with van der Waals surface area (Å²) < 4.78 is 5.33. The second-order valence-corrected chi connectivity index (χ2v) is 10.1. The first kappa shape index (κ1) is 22.5. The highest BCUT2D eigenvalue weighted by Gasteiger charge is 2.71. The summed E-state index contributed by atoms with van der Waals surface area (Å²) in [6.07, 6.45) is 3.88. The molecule has 3 atom stereocenters. The minimum Gasteiger partial charge on any atom is -0.467 e. The number of carbonyl (C=O) groups excluding carboxylic acids is 3. The highest BCUT2D eigenvalue weighted by molar-refractivity contribution is 6.32. The van der Waals surface area contributed by atoms with Gasteiger partial charge in [0.05, 0.1) is 13.2 Å². The molecule has 0 N–H and O–H groups in total. The van der Waals surface area contributed by atoms with Crippen molar-refractivity contribution in [2.45, 2.75) is 37.8 Å². The van der Waals surface area contributed by atoms with Gasteiger partial charge in [-0.2, -0.15) is 0 Å². The van der Waals surface area contributed by atoms with Crippen LogP contribution in [0.25, 0.3) is 6.08 Å². The van der Waals surface area contributed by atoms with Crippen molar-refractivity contribution in [2.75, 3.05) is 12.0 Å². The number of hydrogen-bond donors (Lipinski definition) is 0. The van der Waals surface area contributed by atoms with E-state index in [4.69, 9.17) is 4.74 Å². The maximum atomic E-state index is 14.4. The molecule has 0 saturated carbocycles. The fourth-order valence-corrected chi connectivity index (χ4v) is 6.47. The van der Waals surface area contributed by atoms with Crippen LogP contribution in [0.3, 0.4) is 0 Å². The van der Waals surface area contributed by atoms with Gasteiger partial charge in [-0.3, -0.25) is 9.59 Å². The largest absolute Gasteiger partial charge is 0.467 e. The second kappa shape index (κ2) is 8.02. The third kappa shape index (κ3) is 2.80. The van der Waals surface area contributed by atoms with Gasteiger partial charge in [0.1, 0.15) is 11.5 Å². The maximum absolute atomic E-state index is 14.4. The van der Waals surface area contributed by atoms with Gasteiger partial charge in [0.2, 0.25) is 0 Å². The van der Waals surface area contributed by atoms with Crippen molar-refractivity contribution in [3.8, 4) is 0 Å². The van der Waals surface area contributed by atoms with Crippen LogP contribution in [-0.4, -0.2) is 36.7 Å². The highest BCUT2D eigenvalue weighted by atomic mass is 16.5. The van der Waals surface area contributed by atoms with Gasteiger partial charge in [-0.05, 0) is 28.7 Å². The van der Waals surface area contributed by atoms with E-state index in [9.17, 15) is 14.4 Å². The summed E-state index contributed by atoms with van der Waals surface area (Å²) in [6, 6.07) is 21.3. The number of hydrogen-bond acceptors (Lipinski definition) is 5. The van der Waals surface area contributed by atoms with E-state index in [1.54, 1.807) is 24.3 Å². The number of benzene rings is 3. The average molecular weight is 478 g/mol. The van der Waals surface area contributed by atoms with Gasteiger partial charge in [0.25, 0.3) is 0 Å². The molecule has 3 aromatic carbocycles. The van der Waals surface area contributed by atoms with Crippen molar-refractivity contribution in [1.82, 2.24) is 0 Å². The molecule has 5 nitrogen and oxygen atoms in total. The van der Waals surface area contributed by atoms with Crippen molar-refractivity contribution in [3.63, 3.8) is 0 Å². The van der Waals surface area contributed by atoms with Crippen LogP contribution in [-0.2, 0) is 9.53 Å². The van der Waals surface area contributed by atoms with Crippen molar-refractivity contribution in [1.29, 1.82) is 0 Å². The van der Waals surface area contributed by atoms with Gasteiger partial charge >= 0.3 is 5.97 Å². The predicted octanol–water partition coefficient (Wildman–Crippen LogP) is 5.42. The molecule has 0 aromatic heterocycles. The molecule has 1 spiro atoms. The number of fused-ring (bicyclic) bond motifs is 5. The molecule has 0 bridgehead atoms. The Kier molecular flexibility index (Phi) is 5.01. The van der Waals surface area contributed by atoms with E-state index < -0.39 is 29.4 Å². The third-order valence-corrected chi connectivity index (χ3v) is 8.12. The van der Waals surface area contributed by atoms with E-state index >= 15 is 0 Å². The molecule has 0 radical (unpaired) electrons. The zero-order chi connectivity index (χ0) is 25.2. The lowest BCUT2D eigenvalue weighted by Crippen LogP contribution is -2.48. The monoisotopic (exact) mass is 477 g/mol. The van der Waals surface area contributed by atoms with Crippen LogP contribution in [0.15, 0.2) is 78.9 Å². The Bertz CT molecular complexity index is 1400. The molecular formula is C31H27NO4. The van der Waals surface area contributed by atoms with Gasteiger partial charge in [-0.25, -0.2) is 4.79 Å². The van der Waals surface area contributed by atoms with Crippen LogP contribution in [0.2, 0.25) is 0 Å². The Labute approximate surface area is 210 Å². The lowest BCUT2D eigenvalue weighted by molar-refractivity contribution is -0.142. The number of carbonyl (C=O) groups is 3. The number of rotatable bonds is 3. The summed E-state index contributed by atoms with van der Waals surface area (Å²) in [6.45, 7) is 4.23. The van der Waals surface area contributed by atoms with Crippen LogP contribution in [0.5, 0.6) is 0 Å². The molecule has 1 fully saturated rings. The van der Waals surface area contributed by atoms with E-state index in [1.807, 2.05) is 65.6 Å². The molecule has 5 heteroatoms. The lowest BCUT2D eigenvalue weighted by Gasteiger charge is -2.36. The molecule has 6 rings (SSSR count). The van der Waals surface area contributed by atoms with E-state index in [1.165, 1.54) is 7.11 Å². The van der Waals surface area contributed by atoms with Gasteiger partial charge in [-0.15, -0.1) is 0 Å². The topological polar surface area (TPSA) is 63.7 Å². The lowest BCUT2D eigenvalue weighted by atomic mass is 9.64. The Balaban J connectivity index is 1.66. The average Bonchev–Trinajstić information content (AvgIpc) is 3.35. The normalized spacial score (nSPS) is 23.1. The summed E-state index contributed by atoms with van der Waals surface area (Å²) in [5.74, 6) is -1.32. The number of para-hydroxylation sites is 1. The molecule has 36 heavy (non-hydrogen) atoms. The summed E-state index contributed by atoms with van der Waals surface area (Å²) in [4.78, 5) is 44.3. The minimum atomic E-state index is -1.48. The zero-order valence-electron chi connectivity index (χ0n) is 20.5. The maximum Gasteiger partial charge on any atom is 0.329 e. The Hall–Kier alpha value is -3.99. The number of nitrogens with zero attached hydrogens (tertiary/aromatic N) is 1. The van der Waals surface area contributed by atoms with Gasteiger partial charge in [0.15, 0.2) is 11.6 Å². The van der Waals surface area contributed by atoms with Crippen molar-refractivity contribution in [2.24, 2.45) is 5.41 Å². The number of esters is 1. The SMILES string of the molecule is COC(=O)[C@H]1[C@@H](c2ccc(C(C)C)cc2)C2(C(=O)c3ccccc3C2=O)[C@@H]2C=Cc3ccccc3N21. The fraction of sp³-hybridized carbons (Fsp3) is 0.258. The Morgan fingerprint density at radius 1 is 0.889 bits per heavy atom. The molecular weight excluding hydrogens is 450 g/mol. The molecule has 2 heterocycles. The predicted molar refractivity (Wildman–Crippen MR) is 138 cm³/mol. The van der Waals surface area contributed by atoms with Crippen LogP contribution in [0.4, 0.5) is 5.69 Å². The minimum absolute atomic E-state index is 0.230. The number of ether oxygens (including phenoxy) is 1. The Morgan fingerprint density at radius 2 is 1.50 bits per heavy atom. The molecule has 2 aliphatic heterocycles. The molecule has 1 saturated heterocycles. The second-order valence-electron chi connectivity index (χ2n) is 10.1. The first-order valence-electron chi connectivity index (χ1n) is 12.3. The highest BCUT2D eigenvalue weighted by Crippen LogP contribution is 2.60. The number of anilines is 1. The summed E-state index contributed by atoms with van der Waals surface area (Å²) in [7, 11) is 1.36. The quantitative estimate of drug-likeness (QED) is 0.373. The molecule has 3 aliphatic rings. The standard InChI is InChI=1S/C31H27NO4/c1-18(2)19-12-14-21(15-13-19)26-27(30(35)36-3)32-24-11-7-4-8-20(24)16-17-25(32)31(26)28(33)22-9-5-6-10-23(22)29(31)34/h4-18,25-27H,1-3H3/t25-,26+,27+/m0/s1. The van der Waals surface area contributed by atoms with Crippen LogP contribution >= 0.6 is 0 Å². The summed E-state index contributed by atoms with van der Waals surface area (Å²) >= 11 is 0. The van der Waals surface area contributed by atoms with E-state index in [-0.39, 0.29) is 11.6 Å². The van der Waals surface area contributed by atoms with E-state index in [0.29, 0.717) is 17.0 Å². The first-order chi connectivity index (χ1) is 17.4. The fourth-order valence-electron chi connectivity index (χ4n) is 6.47.